The molecule has 0 aliphatic carbocycles. The molecule has 0 fully saturated rings. The van der Waals surface area contributed by atoms with Crippen molar-refractivity contribution in [3.05, 3.63) is 34.2 Å². The van der Waals surface area contributed by atoms with Crippen molar-refractivity contribution in [2.24, 2.45) is 0 Å². The van der Waals surface area contributed by atoms with Gasteiger partial charge >= 0.3 is 11.7 Å². The summed E-state index contributed by atoms with van der Waals surface area (Å²) in [7, 11) is 0. The summed E-state index contributed by atoms with van der Waals surface area (Å²) in [6.45, 7) is 1.55. The van der Waals surface area contributed by atoms with Crippen LogP contribution in [0.2, 0.25) is 0 Å². The van der Waals surface area contributed by atoms with E-state index in [1.807, 2.05) is 13.0 Å². The minimum atomic E-state index is -1.03. The van der Waals surface area contributed by atoms with Crippen LogP contribution in [-0.2, 0) is 11.3 Å². The van der Waals surface area contributed by atoms with Gasteiger partial charge in [0, 0.05) is 0 Å². The predicted octanol–water partition coefficient (Wildman–Crippen LogP) is 0.723. The Morgan fingerprint density at radius 1 is 1.53 bits per heavy atom. The van der Waals surface area contributed by atoms with E-state index in [0.717, 1.165) is 5.56 Å². The third-order valence-electron chi connectivity index (χ3n) is 2.31. The van der Waals surface area contributed by atoms with Crippen LogP contribution in [0.4, 0.5) is 0 Å². The molecule has 2 rings (SSSR count). The molecule has 5 nitrogen and oxygen atoms in total. The maximum Gasteiger partial charge on any atom is 0.327 e. The van der Waals surface area contributed by atoms with Crippen molar-refractivity contribution in [3.8, 4) is 0 Å². The molecule has 0 radical (unpaired) electrons. The number of nitrogens with one attached hydrogen (secondary N) is 1. The number of carboxylic acid groups (broad SMARTS) is 1. The number of H-pyrrole nitrogens is 1. The molecule has 1 aromatic carbocycles. The Morgan fingerprint density at radius 2 is 2.27 bits per heavy atom. The fraction of sp³-hybridized carbons (Fsp3) is 0.200. The average molecular weight is 206 g/mol. The second-order valence-corrected chi connectivity index (χ2v) is 3.38. The SMILES string of the molecule is Cc1cccc2c1[nH]c(=O)n2CC(=O)O. The highest BCUT2D eigenvalue weighted by molar-refractivity contribution is 5.80. The van der Waals surface area contributed by atoms with E-state index in [2.05, 4.69) is 4.98 Å². The highest BCUT2D eigenvalue weighted by Crippen LogP contribution is 2.13. The van der Waals surface area contributed by atoms with Crippen molar-refractivity contribution < 1.29 is 9.90 Å². The number of carbonyl (C=O) groups is 1. The number of aromatic nitrogens is 2. The molecule has 0 saturated heterocycles. The van der Waals surface area contributed by atoms with Crippen LogP contribution >= 0.6 is 0 Å². The zero-order valence-electron chi connectivity index (χ0n) is 8.15. The first kappa shape index (κ1) is 9.51. The minimum Gasteiger partial charge on any atom is -0.480 e. The third kappa shape index (κ3) is 1.52. The molecule has 2 aromatic rings. The van der Waals surface area contributed by atoms with Gasteiger partial charge in [-0.2, -0.15) is 0 Å². The third-order valence-corrected chi connectivity index (χ3v) is 2.31. The maximum absolute atomic E-state index is 11.5. The number of para-hydroxylation sites is 1. The van der Waals surface area contributed by atoms with E-state index in [1.165, 1.54) is 4.57 Å². The molecular weight excluding hydrogens is 196 g/mol. The summed E-state index contributed by atoms with van der Waals surface area (Å²) in [5.41, 5.74) is 1.86. The molecule has 5 heteroatoms. The molecule has 0 aliphatic heterocycles. The Labute approximate surface area is 85.0 Å². The van der Waals surface area contributed by atoms with Crippen LogP contribution < -0.4 is 5.69 Å². The number of rotatable bonds is 2. The van der Waals surface area contributed by atoms with Gasteiger partial charge in [-0.15, -0.1) is 0 Å². The molecule has 0 saturated carbocycles. The molecule has 15 heavy (non-hydrogen) atoms. The summed E-state index contributed by atoms with van der Waals surface area (Å²) in [6.07, 6.45) is 0. The lowest BCUT2D eigenvalue weighted by Gasteiger charge is -1.99. The first-order valence-electron chi connectivity index (χ1n) is 4.49. The zero-order chi connectivity index (χ0) is 11.0. The van der Waals surface area contributed by atoms with E-state index in [9.17, 15) is 9.59 Å². The van der Waals surface area contributed by atoms with Crippen LogP contribution in [0.15, 0.2) is 23.0 Å². The van der Waals surface area contributed by atoms with Crippen LogP contribution in [0, 0.1) is 6.92 Å². The zero-order valence-corrected chi connectivity index (χ0v) is 8.15. The summed E-state index contributed by atoms with van der Waals surface area (Å²) < 4.78 is 1.21. The highest BCUT2D eigenvalue weighted by atomic mass is 16.4. The molecule has 0 aliphatic rings. The minimum absolute atomic E-state index is 0.317. The smallest absolute Gasteiger partial charge is 0.327 e. The van der Waals surface area contributed by atoms with Gasteiger partial charge < -0.3 is 10.1 Å². The van der Waals surface area contributed by atoms with E-state index < -0.39 is 5.97 Å². The first-order valence-corrected chi connectivity index (χ1v) is 4.49. The van der Waals surface area contributed by atoms with Crippen LogP contribution in [0.5, 0.6) is 0 Å². The van der Waals surface area contributed by atoms with Gasteiger partial charge in [-0.3, -0.25) is 9.36 Å². The number of carboxylic acids is 1. The normalized spacial score (nSPS) is 10.7. The standard InChI is InChI=1S/C10H10N2O3/c1-6-3-2-4-7-9(6)11-10(15)12(7)5-8(13)14/h2-4H,5H2,1H3,(H,11,15)(H,13,14). The van der Waals surface area contributed by atoms with Crippen LogP contribution in [0.25, 0.3) is 11.0 Å². The van der Waals surface area contributed by atoms with Gasteiger partial charge in [0.15, 0.2) is 0 Å². The molecule has 78 valence electrons. The Morgan fingerprint density at radius 3 is 2.93 bits per heavy atom. The summed E-state index contributed by atoms with van der Waals surface area (Å²) in [4.78, 5) is 24.7. The van der Waals surface area contributed by atoms with Crippen LogP contribution in [0.3, 0.4) is 0 Å². The Kier molecular flexibility index (Phi) is 2.07. The number of hydrogen-bond acceptors (Lipinski definition) is 2. The lowest BCUT2D eigenvalue weighted by Crippen LogP contribution is -2.21. The number of aliphatic carboxylic acids is 1. The Hall–Kier alpha value is -2.04. The van der Waals surface area contributed by atoms with Gasteiger partial charge in [-0.25, -0.2) is 4.79 Å². The van der Waals surface area contributed by atoms with Crippen molar-refractivity contribution in [1.29, 1.82) is 0 Å². The molecule has 1 heterocycles. The molecule has 0 bridgehead atoms. The lowest BCUT2D eigenvalue weighted by atomic mass is 10.2. The largest absolute Gasteiger partial charge is 0.480 e. The number of nitrogens with zero attached hydrogens (tertiary/aromatic N) is 1. The Bertz CT molecular complexity index is 580. The van der Waals surface area contributed by atoms with Crippen molar-refractivity contribution in [1.82, 2.24) is 9.55 Å². The van der Waals surface area contributed by atoms with E-state index in [4.69, 9.17) is 5.11 Å². The van der Waals surface area contributed by atoms with Gasteiger partial charge in [0.05, 0.1) is 11.0 Å². The molecule has 0 atom stereocenters. The molecule has 0 spiro atoms. The molecule has 0 amide bonds. The summed E-state index contributed by atoms with van der Waals surface area (Å²) in [5, 5.41) is 8.66. The van der Waals surface area contributed by atoms with Gasteiger partial charge in [0.2, 0.25) is 0 Å². The molecule has 2 N–H and O–H groups in total. The first-order chi connectivity index (χ1) is 7.09. The van der Waals surface area contributed by atoms with Gasteiger partial charge in [0.1, 0.15) is 6.54 Å². The number of hydrogen-bond donors (Lipinski definition) is 2. The molecular formula is C10H10N2O3. The number of aryl methyl sites for hydroxylation is 1. The summed E-state index contributed by atoms with van der Waals surface area (Å²) in [5.74, 6) is -1.03. The monoisotopic (exact) mass is 206 g/mol. The van der Waals surface area contributed by atoms with Crippen molar-refractivity contribution in [2.45, 2.75) is 13.5 Å². The maximum atomic E-state index is 11.5. The molecule has 1 aromatic heterocycles. The lowest BCUT2D eigenvalue weighted by molar-refractivity contribution is -0.137. The number of aromatic amines is 1. The second-order valence-electron chi connectivity index (χ2n) is 3.38. The molecule has 0 unspecified atom stereocenters. The topological polar surface area (TPSA) is 75.1 Å². The fourth-order valence-electron chi connectivity index (χ4n) is 1.62. The van der Waals surface area contributed by atoms with Crippen molar-refractivity contribution in [3.63, 3.8) is 0 Å². The van der Waals surface area contributed by atoms with E-state index in [1.54, 1.807) is 12.1 Å². The van der Waals surface area contributed by atoms with Crippen molar-refractivity contribution in [2.75, 3.05) is 0 Å². The van der Waals surface area contributed by atoms with Gasteiger partial charge in [-0.05, 0) is 18.6 Å². The number of benzene rings is 1. The highest BCUT2D eigenvalue weighted by Gasteiger charge is 2.10. The quantitative estimate of drug-likeness (QED) is 0.760. The Balaban J connectivity index is 2.74. The second kappa shape index (κ2) is 3.27. The summed E-state index contributed by atoms with van der Waals surface area (Å²) in [6, 6.07) is 5.38. The fourth-order valence-corrected chi connectivity index (χ4v) is 1.62. The number of fused-ring (bicyclic) bond motifs is 1. The van der Waals surface area contributed by atoms with E-state index >= 15 is 0 Å². The van der Waals surface area contributed by atoms with Crippen molar-refractivity contribution >= 4 is 17.0 Å². The van der Waals surface area contributed by atoms with E-state index in [0.29, 0.717) is 11.0 Å². The van der Waals surface area contributed by atoms with E-state index in [-0.39, 0.29) is 12.2 Å². The van der Waals surface area contributed by atoms with Gasteiger partial charge in [0.25, 0.3) is 0 Å². The number of imidazole rings is 1. The average Bonchev–Trinajstić information content (AvgIpc) is 2.45. The van der Waals surface area contributed by atoms with Crippen LogP contribution in [-0.4, -0.2) is 20.6 Å². The summed E-state index contributed by atoms with van der Waals surface area (Å²) >= 11 is 0. The van der Waals surface area contributed by atoms with Gasteiger partial charge in [-0.1, -0.05) is 12.1 Å². The predicted molar refractivity (Wildman–Crippen MR) is 54.9 cm³/mol. The van der Waals surface area contributed by atoms with Crippen LogP contribution in [0.1, 0.15) is 5.56 Å².